The van der Waals surface area contributed by atoms with E-state index >= 15 is 0 Å². The number of hydrogen-bond acceptors (Lipinski definition) is 3. The van der Waals surface area contributed by atoms with Gasteiger partial charge in [-0.1, -0.05) is 6.92 Å². The molecule has 1 fully saturated rings. The number of hydrogen-bond donors (Lipinski definition) is 2. The number of anilines is 1. The van der Waals surface area contributed by atoms with E-state index in [9.17, 15) is 18.3 Å². The number of alkyl halides is 3. The van der Waals surface area contributed by atoms with Gasteiger partial charge in [-0.25, -0.2) is 4.98 Å². The summed E-state index contributed by atoms with van der Waals surface area (Å²) in [6.45, 7) is 1.97. The van der Waals surface area contributed by atoms with E-state index in [1.54, 1.807) is 0 Å². The van der Waals surface area contributed by atoms with E-state index in [-0.39, 0.29) is 18.0 Å². The number of halogens is 3. The average Bonchev–Trinajstić information content (AvgIpc) is 2.32. The number of aliphatic hydroxyl groups is 1. The molecular weight excluding hydrogens is 257 g/mol. The highest BCUT2D eigenvalue weighted by Gasteiger charge is 2.34. The number of aliphatic hydroxyl groups excluding tert-OH is 1. The maximum Gasteiger partial charge on any atom is 0.416 e. The molecule has 1 aliphatic rings. The fraction of sp³-hybridized carbons (Fsp3) is 0.615. The van der Waals surface area contributed by atoms with Gasteiger partial charge in [-0.15, -0.1) is 0 Å². The van der Waals surface area contributed by atoms with Gasteiger partial charge in [0.2, 0.25) is 0 Å². The number of nitrogens with one attached hydrogen (secondary N) is 1. The standard InChI is InChI=1S/C13H17F3N2O/c1-2-11(8-5-10(19)6-8)18-12-7-9(3-4-17-12)13(14,15)16/h3-4,7-8,10-11,19H,2,5-6H2,1H3,(H,17,18)/t8?,10?,11-/m0/s1. The zero-order valence-electron chi connectivity index (χ0n) is 10.6. The first-order valence-electron chi connectivity index (χ1n) is 6.38. The zero-order valence-corrected chi connectivity index (χ0v) is 10.6. The lowest BCUT2D eigenvalue weighted by molar-refractivity contribution is -0.137. The Morgan fingerprint density at radius 2 is 2.16 bits per heavy atom. The van der Waals surface area contributed by atoms with Crippen molar-refractivity contribution in [3.05, 3.63) is 23.9 Å². The van der Waals surface area contributed by atoms with E-state index in [2.05, 4.69) is 10.3 Å². The predicted octanol–water partition coefficient (Wildman–Crippen LogP) is 3.06. The molecule has 2 rings (SSSR count). The van der Waals surface area contributed by atoms with E-state index in [0.717, 1.165) is 24.8 Å². The van der Waals surface area contributed by atoms with Crippen LogP contribution < -0.4 is 5.32 Å². The second-order valence-electron chi connectivity index (χ2n) is 4.97. The van der Waals surface area contributed by atoms with Gasteiger partial charge in [-0.2, -0.15) is 13.2 Å². The minimum Gasteiger partial charge on any atom is -0.393 e. The quantitative estimate of drug-likeness (QED) is 0.887. The van der Waals surface area contributed by atoms with Crippen LogP contribution in [0.2, 0.25) is 0 Å². The number of aromatic nitrogens is 1. The topological polar surface area (TPSA) is 45.2 Å². The summed E-state index contributed by atoms with van der Waals surface area (Å²) in [5, 5.41) is 12.3. The van der Waals surface area contributed by atoms with Gasteiger partial charge in [-0.05, 0) is 37.3 Å². The maximum atomic E-state index is 12.6. The van der Waals surface area contributed by atoms with Crippen molar-refractivity contribution in [2.24, 2.45) is 5.92 Å². The van der Waals surface area contributed by atoms with Crippen LogP contribution in [0.3, 0.4) is 0 Å². The van der Waals surface area contributed by atoms with Crippen LogP contribution in [0, 0.1) is 5.92 Å². The third kappa shape index (κ3) is 3.37. The third-order valence-electron chi connectivity index (χ3n) is 3.58. The second-order valence-corrected chi connectivity index (χ2v) is 4.97. The zero-order chi connectivity index (χ0) is 14.0. The summed E-state index contributed by atoms with van der Waals surface area (Å²) in [5.41, 5.74) is -0.700. The molecule has 2 N–H and O–H groups in total. The second kappa shape index (κ2) is 5.36. The molecule has 3 nitrogen and oxygen atoms in total. The summed E-state index contributed by atoms with van der Waals surface area (Å²) in [7, 11) is 0. The monoisotopic (exact) mass is 274 g/mol. The van der Waals surface area contributed by atoms with Crippen molar-refractivity contribution < 1.29 is 18.3 Å². The molecule has 0 aliphatic heterocycles. The van der Waals surface area contributed by atoms with Crippen molar-refractivity contribution in [1.82, 2.24) is 4.98 Å². The van der Waals surface area contributed by atoms with Gasteiger partial charge in [0.05, 0.1) is 11.7 Å². The van der Waals surface area contributed by atoms with Crippen LogP contribution in [0.5, 0.6) is 0 Å². The summed E-state index contributed by atoms with van der Waals surface area (Å²) in [6, 6.07) is 2.04. The van der Waals surface area contributed by atoms with Crippen molar-refractivity contribution in [3.8, 4) is 0 Å². The van der Waals surface area contributed by atoms with Crippen molar-refractivity contribution >= 4 is 5.82 Å². The normalized spacial score (nSPS) is 24.7. The molecule has 0 amide bonds. The summed E-state index contributed by atoms with van der Waals surface area (Å²) >= 11 is 0. The molecule has 1 aromatic rings. The molecule has 0 spiro atoms. The van der Waals surface area contributed by atoms with Crippen LogP contribution in [0.4, 0.5) is 19.0 Å². The molecule has 1 atom stereocenters. The van der Waals surface area contributed by atoms with Crippen molar-refractivity contribution in [2.75, 3.05) is 5.32 Å². The Balaban J connectivity index is 2.05. The average molecular weight is 274 g/mol. The van der Waals surface area contributed by atoms with Gasteiger partial charge in [-0.3, -0.25) is 0 Å². The molecule has 0 bridgehead atoms. The maximum absolute atomic E-state index is 12.6. The van der Waals surface area contributed by atoms with Gasteiger partial charge in [0.15, 0.2) is 0 Å². The van der Waals surface area contributed by atoms with Gasteiger partial charge in [0.25, 0.3) is 0 Å². The van der Waals surface area contributed by atoms with E-state index in [1.807, 2.05) is 6.92 Å². The van der Waals surface area contributed by atoms with Gasteiger partial charge in [0.1, 0.15) is 5.82 Å². The fourth-order valence-corrected chi connectivity index (χ4v) is 2.39. The van der Waals surface area contributed by atoms with Gasteiger partial charge >= 0.3 is 6.18 Å². The lowest BCUT2D eigenvalue weighted by Gasteiger charge is -2.38. The highest BCUT2D eigenvalue weighted by Crippen LogP contribution is 2.34. The van der Waals surface area contributed by atoms with Gasteiger partial charge < -0.3 is 10.4 Å². The number of nitrogens with zero attached hydrogens (tertiary/aromatic N) is 1. The molecule has 0 radical (unpaired) electrons. The number of rotatable bonds is 4. The Bertz CT molecular complexity index is 430. The third-order valence-corrected chi connectivity index (χ3v) is 3.58. The lowest BCUT2D eigenvalue weighted by atomic mass is 9.76. The van der Waals surface area contributed by atoms with Crippen molar-refractivity contribution in [1.29, 1.82) is 0 Å². The SMILES string of the molecule is CC[C@H](Nc1cc(C(F)(F)F)ccn1)C1CC(O)C1. The molecular formula is C13H17F3N2O. The largest absolute Gasteiger partial charge is 0.416 e. The summed E-state index contributed by atoms with van der Waals surface area (Å²) < 4.78 is 37.8. The van der Waals surface area contributed by atoms with Crippen molar-refractivity contribution in [3.63, 3.8) is 0 Å². The molecule has 19 heavy (non-hydrogen) atoms. The van der Waals surface area contributed by atoms with E-state index < -0.39 is 11.7 Å². The number of pyridine rings is 1. The fourth-order valence-electron chi connectivity index (χ4n) is 2.39. The molecule has 1 saturated carbocycles. The van der Waals surface area contributed by atoms with Crippen LogP contribution >= 0.6 is 0 Å². The molecule has 1 heterocycles. The molecule has 0 aromatic carbocycles. The first-order chi connectivity index (χ1) is 8.90. The highest BCUT2D eigenvalue weighted by atomic mass is 19.4. The summed E-state index contributed by atoms with van der Waals surface area (Å²) in [5.74, 6) is 0.541. The minimum absolute atomic E-state index is 0.0550. The Hall–Kier alpha value is -1.30. The first-order valence-corrected chi connectivity index (χ1v) is 6.38. The molecule has 0 unspecified atom stereocenters. The van der Waals surface area contributed by atoms with E-state index in [4.69, 9.17) is 0 Å². The lowest BCUT2D eigenvalue weighted by Crippen LogP contribution is -2.40. The summed E-state index contributed by atoms with van der Waals surface area (Å²) in [6.07, 6.45) is -1.28. The van der Waals surface area contributed by atoms with Crippen molar-refractivity contribution in [2.45, 2.75) is 44.5 Å². The summed E-state index contributed by atoms with van der Waals surface area (Å²) in [4.78, 5) is 3.93. The smallest absolute Gasteiger partial charge is 0.393 e. The first kappa shape index (κ1) is 14.1. The Kier molecular flexibility index (Phi) is 3.99. The minimum atomic E-state index is -4.35. The van der Waals surface area contributed by atoms with Crippen LogP contribution in [0.25, 0.3) is 0 Å². The Morgan fingerprint density at radius 1 is 1.47 bits per heavy atom. The Labute approximate surface area is 109 Å². The highest BCUT2D eigenvalue weighted by molar-refractivity contribution is 5.39. The van der Waals surface area contributed by atoms with Crippen LogP contribution in [0.1, 0.15) is 31.7 Å². The molecule has 1 aromatic heterocycles. The predicted molar refractivity (Wildman–Crippen MR) is 65.7 cm³/mol. The molecule has 1 aliphatic carbocycles. The Morgan fingerprint density at radius 3 is 2.68 bits per heavy atom. The molecule has 106 valence electrons. The van der Waals surface area contributed by atoms with Gasteiger partial charge in [0, 0.05) is 12.2 Å². The van der Waals surface area contributed by atoms with Crippen LogP contribution in [-0.4, -0.2) is 22.2 Å². The molecule has 0 saturated heterocycles. The van der Waals surface area contributed by atoms with Crippen LogP contribution in [-0.2, 0) is 6.18 Å². The van der Waals surface area contributed by atoms with E-state index in [0.29, 0.717) is 18.8 Å². The molecule has 6 heteroatoms. The van der Waals surface area contributed by atoms with Crippen LogP contribution in [0.15, 0.2) is 18.3 Å². The van der Waals surface area contributed by atoms with E-state index in [1.165, 1.54) is 0 Å².